The molecule has 0 spiro atoms. The highest BCUT2D eigenvalue weighted by molar-refractivity contribution is 5.79. The predicted octanol–water partition coefficient (Wildman–Crippen LogP) is 2.25. The minimum Gasteiger partial charge on any atom is -0.366 e. The third kappa shape index (κ3) is 3.08. The van der Waals surface area contributed by atoms with Crippen molar-refractivity contribution in [3.63, 3.8) is 0 Å². The Bertz CT molecular complexity index is 899. The van der Waals surface area contributed by atoms with E-state index in [0.29, 0.717) is 19.6 Å². The zero-order valence-electron chi connectivity index (χ0n) is 14.8. The summed E-state index contributed by atoms with van der Waals surface area (Å²) >= 11 is 0. The molecule has 0 aromatic carbocycles. The molecule has 4 rings (SSSR count). The van der Waals surface area contributed by atoms with Crippen molar-refractivity contribution >= 4 is 17.2 Å². The normalized spacial score (nSPS) is 14.7. The van der Waals surface area contributed by atoms with E-state index in [9.17, 15) is 4.79 Å². The van der Waals surface area contributed by atoms with Gasteiger partial charge in [-0.15, -0.1) is 0 Å². The molecule has 0 unspecified atom stereocenters. The molecule has 3 aromatic heterocycles. The summed E-state index contributed by atoms with van der Waals surface area (Å²) < 4.78 is 1.90. The number of amides is 2. The van der Waals surface area contributed by atoms with Crippen LogP contribution in [-0.4, -0.2) is 58.3 Å². The summed E-state index contributed by atoms with van der Waals surface area (Å²) in [6, 6.07) is 10.1. The second kappa shape index (κ2) is 7.03. The van der Waals surface area contributed by atoms with E-state index in [-0.39, 0.29) is 6.03 Å². The first kappa shape index (κ1) is 16.4. The number of rotatable bonds is 3. The van der Waals surface area contributed by atoms with Crippen molar-refractivity contribution in [3.8, 4) is 11.3 Å². The molecule has 1 aliphatic heterocycles. The van der Waals surface area contributed by atoms with E-state index in [2.05, 4.69) is 26.4 Å². The second-order valence-electron chi connectivity index (χ2n) is 6.30. The van der Waals surface area contributed by atoms with Crippen molar-refractivity contribution in [2.24, 2.45) is 0 Å². The lowest BCUT2D eigenvalue weighted by Gasteiger charge is -2.36. The van der Waals surface area contributed by atoms with Gasteiger partial charge >= 0.3 is 6.03 Å². The van der Waals surface area contributed by atoms with Crippen LogP contribution in [0, 0.1) is 0 Å². The smallest absolute Gasteiger partial charge is 0.317 e. The van der Waals surface area contributed by atoms with E-state index >= 15 is 0 Å². The standard InChI is InChI=1S/C19H22N6O/c1-2-20-19(26)24-11-9-23(10-12-24)17-6-8-22-25-14-15(13-18(17)25)16-5-3-4-7-21-16/h3-8,13-14H,2,9-12H2,1H3,(H,20,26). The fraction of sp³-hybridized carbons (Fsp3) is 0.316. The zero-order valence-corrected chi connectivity index (χ0v) is 14.8. The fourth-order valence-corrected chi connectivity index (χ4v) is 3.35. The van der Waals surface area contributed by atoms with Crippen LogP contribution in [0.3, 0.4) is 0 Å². The van der Waals surface area contributed by atoms with Crippen molar-refractivity contribution in [1.29, 1.82) is 0 Å². The first-order valence-corrected chi connectivity index (χ1v) is 8.93. The number of carbonyl (C=O) groups excluding carboxylic acids is 1. The van der Waals surface area contributed by atoms with Gasteiger partial charge in [-0.2, -0.15) is 5.10 Å². The molecule has 0 radical (unpaired) electrons. The minimum atomic E-state index is 0.0205. The maximum Gasteiger partial charge on any atom is 0.317 e. The molecule has 0 atom stereocenters. The predicted molar refractivity (Wildman–Crippen MR) is 101 cm³/mol. The Kier molecular flexibility index (Phi) is 4.43. The van der Waals surface area contributed by atoms with Crippen LogP contribution in [0.1, 0.15) is 6.92 Å². The Morgan fingerprint density at radius 2 is 2.00 bits per heavy atom. The van der Waals surface area contributed by atoms with E-state index < -0.39 is 0 Å². The third-order valence-corrected chi connectivity index (χ3v) is 4.68. The monoisotopic (exact) mass is 350 g/mol. The highest BCUT2D eigenvalue weighted by Gasteiger charge is 2.22. The molecule has 2 amide bonds. The Morgan fingerprint density at radius 1 is 1.15 bits per heavy atom. The molecule has 134 valence electrons. The molecule has 0 bridgehead atoms. The zero-order chi connectivity index (χ0) is 17.9. The quantitative estimate of drug-likeness (QED) is 0.787. The number of fused-ring (bicyclic) bond motifs is 1. The van der Waals surface area contributed by atoms with E-state index in [4.69, 9.17) is 0 Å². The largest absolute Gasteiger partial charge is 0.366 e. The van der Waals surface area contributed by atoms with Crippen LogP contribution in [-0.2, 0) is 0 Å². The summed E-state index contributed by atoms with van der Waals surface area (Å²) in [5.41, 5.74) is 4.17. The van der Waals surface area contributed by atoms with Crippen LogP contribution < -0.4 is 10.2 Å². The van der Waals surface area contributed by atoms with Gasteiger partial charge in [0.2, 0.25) is 0 Å². The molecule has 1 aliphatic rings. The molecular formula is C19H22N6O. The van der Waals surface area contributed by atoms with E-state index in [1.807, 2.05) is 53.0 Å². The summed E-state index contributed by atoms with van der Waals surface area (Å²) in [6.07, 6.45) is 5.62. The highest BCUT2D eigenvalue weighted by Crippen LogP contribution is 2.27. The number of carbonyl (C=O) groups is 1. The van der Waals surface area contributed by atoms with Gasteiger partial charge in [0.05, 0.1) is 16.9 Å². The Balaban J connectivity index is 1.58. The highest BCUT2D eigenvalue weighted by atomic mass is 16.2. The minimum absolute atomic E-state index is 0.0205. The fourth-order valence-electron chi connectivity index (χ4n) is 3.35. The lowest BCUT2D eigenvalue weighted by Crippen LogP contribution is -2.51. The van der Waals surface area contributed by atoms with Gasteiger partial charge in [-0.25, -0.2) is 9.31 Å². The number of hydrogen-bond donors (Lipinski definition) is 1. The maximum atomic E-state index is 12.0. The average molecular weight is 350 g/mol. The van der Waals surface area contributed by atoms with Crippen LogP contribution in [0.25, 0.3) is 16.8 Å². The number of urea groups is 1. The second-order valence-corrected chi connectivity index (χ2v) is 6.30. The number of anilines is 1. The van der Waals surface area contributed by atoms with Gasteiger partial charge in [0.15, 0.2) is 0 Å². The summed E-state index contributed by atoms with van der Waals surface area (Å²) in [6.45, 7) is 5.64. The van der Waals surface area contributed by atoms with Crippen LogP contribution in [0.2, 0.25) is 0 Å². The average Bonchev–Trinajstić information content (AvgIpc) is 3.13. The Labute approximate surface area is 152 Å². The maximum absolute atomic E-state index is 12.0. The van der Waals surface area contributed by atoms with Crippen molar-refractivity contribution in [2.75, 3.05) is 37.6 Å². The first-order valence-electron chi connectivity index (χ1n) is 8.93. The van der Waals surface area contributed by atoms with Crippen molar-refractivity contribution in [3.05, 3.63) is 48.9 Å². The lowest BCUT2D eigenvalue weighted by molar-refractivity contribution is 0.195. The van der Waals surface area contributed by atoms with Gasteiger partial charge in [0.25, 0.3) is 0 Å². The first-order chi connectivity index (χ1) is 12.8. The summed E-state index contributed by atoms with van der Waals surface area (Å²) in [5.74, 6) is 0. The van der Waals surface area contributed by atoms with Crippen LogP contribution in [0.15, 0.2) is 48.9 Å². The van der Waals surface area contributed by atoms with E-state index in [0.717, 1.165) is 35.6 Å². The topological polar surface area (TPSA) is 65.8 Å². The van der Waals surface area contributed by atoms with Crippen LogP contribution in [0.4, 0.5) is 10.5 Å². The van der Waals surface area contributed by atoms with Crippen molar-refractivity contribution < 1.29 is 4.79 Å². The van der Waals surface area contributed by atoms with E-state index in [1.54, 1.807) is 6.20 Å². The Hall–Kier alpha value is -3.09. The van der Waals surface area contributed by atoms with Crippen LogP contribution in [0.5, 0.6) is 0 Å². The number of piperazine rings is 1. The lowest BCUT2D eigenvalue weighted by atomic mass is 10.2. The Morgan fingerprint density at radius 3 is 2.73 bits per heavy atom. The summed E-state index contributed by atoms with van der Waals surface area (Å²) in [7, 11) is 0. The summed E-state index contributed by atoms with van der Waals surface area (Å²) in [5, 5.41) is 7.31. The molecule has 1 fully saturated rings. The molecule has 7 heteroatoms. The molecule has 4 heterocycles. The molecular weight excluding hydrogens is 328 g/mol. The molecule has 3 aromatic rings. The molecule has 1 N–H and O–H groups in total. The van der Waals surface area contributed by atoms with Gasteiger partial charge in [0, 0.05) is 56.9 Å². The number of nitrogens with zero attached hydrogens (tertiary/aromatic N) is 5. The SMILES string of the molecule is CCNC(=O)N1CCN(c2ccnn3cc(-c4ccccn4)cc23)CC1. The van der Waals surface area contributed by atoms with Gasteiger partial charge in [-0.1, -0.05) is 6.07 Å². The molecule has 0 aliphatic carbocycles. The number of pyridine rings is 1. The van der Waals surface area contributed by atoms with Crippen molar-refractivity contribution in [1.82, 2.24) is 24.8 Å². The molecule has 1 saturated heterocycles. The molecule has 26 heavy (non-hydrogen) atoms. The van der Waals surface area contributed by atoms with Crippen LogP contribution >= 0.6 is 0 Å². The number of hydrogen-bond acceptors (Lipinski definition) is 4. The number of nitrogens with one attached hydrogen (secondary N) is 1. The van der Waals surface area contributed by atoms with E-state index in [1.165, 1.54) is 0 Å². The van der Waals surface area contributed by atoms with Gasteiger partial charge in [-0.05, 0) is 31.2 Å². The molecule has 0 saturated carbocycles. The van der Waals surface area contributed by atoms with Gasteiger partial charge in [-0.3, -0.25) is 4.98 Å². The van der Waals surface area contributed by atoms with Gasteiger partial charge < -0.3 is 15.1 Å². The summed E-state index contributed by atoms with van der Waals surface area (Å²) in [4.78, 5) is 20.6. The van der Waals surface area contributed by atoms with Gasteiger partial charge in [0.1, 0.15) is 0 Å². The molecule has 7 nitrogen and oxygen atoms in total. The number of aromatic nitrogens is 3. The van der Waals surface area contributed by atoms with Crippen molar-refractivity contribution in [2.45, 2.75) is 6.92 Å². The third-order valence-electron chi connectivity index (χ3n) is 4.68.